The molecule has 2 heterocycles. The second-order valence-electron chi connectivity index (χ2n) is 7.75. The molecule has 2 aromatic carbocycles. The summed E-state index contributed by atoms with van der Waals surface area (Å²) < 4.78 is 41.4. The van der Waals surface area contributed by atoms with Gasteiger partial charge in [-0.05, 0) is 37.0 Å². The van der Waals surface area contributed by atoms with Gasteiger partial charge in [-0.15, -0.1) is 0 Å². The minimum absolute atomic E-state index is 0.0801. The van der Waals surface area contributed by atoms with Crippen LogP contribution in [-0.4, -0.2) is 29.8 Å². The van der Waals surface area contributed by atoms with Crippen molar-refractivity contribution in [1.82, 2.24) is 4.72 Å². The van der Waals surface area contributed by atoms with Gasteiger partial charge in [-0.25, -0.2) is 8.60 Å². The Hall–Kier alpha value is -2.87. The van der Waals surface area contributed by atoms with Crippen molar-refractivity contribution >= 4 is 33.5 Å². The molecule has 6 nitrogen and oxygen atoms in total. The Morgan fingerprint density at radius 2 is 2.06 bits per heavy atom. The smallest absolute Gasteiger partial charge is 0.298 e. The number of amides is 1. The Balaban J connectivity index is 1.62. The second kappa shape index (κ2) is 8.70. The van der Waals surface area contributed by atoms with Gasteiger partial charge in [0.15, 0.2) is 16.7 Å². The van der Waals surface area contributed by atoms with E-state index in [2.05, 4.69) is 4.72 Å². The number of anilines is 1. The summed E-state index contributed by atoms with van der Waals surface area (Å²) in [5, 5.41) is 0.220. The molecule has 4 rings (SSSR count). The molecule has 1 N–H and O–H groups in total. The molecule has 31 heavy (non-hydrogen) atoms. The molecule has 1 aromatic heterocycles. The number of halogens is 1. The molecule has 1 aliphatic rings. The van der Waals surface area contributed by atoms with Crippen LogP contribution in [0, 0.1) is 5.82 Å². The molecule has 0 aliphatic carbocycles. The van der Waals surface area contributed by atoms with Gasteiger partial charge in [0.05, 0.1) is 12.0 Å². The van der Waals surface area contributed by atoms with Crippen molar-refractivity contribution in [2.45, 2.75) is 38.0 Å². The summed E-state index contributed by atoms with van der Waals surface area (Å²) in [6, 6.07) is 9.94. The summed E-state index contributed by atoms with van der Waals surface area (Å²) >= 11 is 0. The van der Waals surface area contributed by atoms with Crippen LogP contribution in [0.4, 0.5) is 10.1 Å². The monoisotopic (exact) mass is 444 g/mol. The zero-order chi connectivity index (χ0) is 22.1. The summed E-state index contributed by atoms with van der Waals surface area (Å²) in [5.74, 6) is -0.686. The first kappa shape index (κ1) is 21.4. The first-order valence-corrected chi connectivity index (χ1v) is 11.5. The molecule has 0 bridgehead atoms. The van der Waals surface area contributed by atoms with Crippen LogP contribution in [0.1, 0.15) is 49.2 Å². The topological polar surface area (TPSA) is 71.8 Å². The van der Waals surface area contributed by atoms with Gasteiger partial charge in [0.1, 0.15) is 22.0 Å². The molecule has 0 spiro atoms. The predicted octanol–water partition coefficient (Wildman–Crippen LogP) is 4.76. The van der Waals surface area contributed by atoms with Gasteiger partial charge < -0.3 is 14.1 Å². The lowest BCUT2D eigenvalue weighted by Crippen LogP contribution is -2.36. The third-order valence-corrected chi connectivity index (χ3v) is 6.50. The van der Waals surface area contributed by atoms with E-state index in [9.17, 15) is 13.4 Å². The fourth-order valence-corrected chi connectivity index (χ4v) is 4.79. The maximum absolute atomic E-state index is 14.6. The van der Waals surface area contributed by atoms with Gasteiger partial charge in [0.2, 0.25) is 0 Å². The predicted molar refractivity (Wildman–Crippen MR) is 119 cm³/mol. The SMILES string of the molecule is CCOc1cccc(C(C)C)c1S(=O)NC(=O)c1cc2c(F)cc(N3CCC3)cc2o1. The zero-order valence-corrected chi connectivity index (χ0v) is 18.6. The highest BCUT2D eigenvalue weighted by atomic mass is 32.2. The third kappa shape index (κ3) is 4.17. The van der Waals surface area contributed by atoms with Crippen molar-refractivity contribution in [2.24, 2.45) is 0 Å². The van der Waals surface area contributed by atoms with Gasteiger partial charge in [-0.3, -0.25) is 9.52 Å². The summed E-state index contributed by atoms with van der Waals surface area (Å²) in [6.07, 6.45) is 1.07. The molecule has 1 unspecified atom stereocenters. The summed E-state index contributed by atoms with van der Waals surface area (Å²) in [7, 11) is -1.88. The quantitative estimate of drug-likeness (QED) is 0.569. The highest BCUT2D eigenvalue weighted by Crippen LogP contribution is 2.32. The lowest BCUT2D eigenvalue weighted by Gasteiger charge is -2.33. The number of ether oxygens (including phenoxy) is 1. The molecule has 1 saturated heterocycles. The Labute approximate surface area is 183 Å². The van der Waals surface area contributed by atoms with E-state index < -0.39 is 22.7 Å². The number of nitrogens with zero attached hydrogens (tertiary/aromatic N) is 1. The van der Waals surface area contributed by atoms with Crippen LogP contribution in [0.3, 0.4) is 0 Å². The van der Waals surface area contributed by atoms with E-state index in [-0.39, 0.29) is 22.6 Å². The van der Waals surface area contributed by atoms with E-state index in [1.807, 2.05) is 37.8 Å². The molecular formula is C23H25FN2O4S. The van der Waals surface area contributed by atoms with Crippen molar-refractivity contribution in [3.05, 3.63) is 53.5 Å². The number of hydrogen-bond acceptors (Lipinski definition) is 5. The van der Waals surface area contributed by atoms with Crippen LogP contribution in [-0.2, 0) is 11.0 Å². The van der Waals surface area contributed by atoms with E-state index in [0.717, 1.165) is 30.8 Å². The van der Waals surface area contributed by atoms with Crippen LogP contribution in [0.15, 0.2) is 45.7 Å². The van der Waals surface area contributed by atoms with Crippen LogP contribution in [0.5, 0.6) is 5.75 Å². The maximum Gasteiger partial charge on any atom is 0.298 e. The number of nitrogens with one attached hydrogen (secondary N) is 1. The molecule has 1 amide bonds. The van der Waals surface area contributed by atoms with Crippen LogP contribution in [0.2, 0.25) is 0 Å². The molecule has 0 saturated carbocycles. The second-order valence-corrected chi connectivity index (χ2v) is 8.90. The van der Waals surface area contributed by atoms with Gasteiger partial charge >= 0.3 is 0 Å². The minimum Gasteiger partial charge on any atom is -0.493 e. The average Bonchev–Trinajstić information content (AvgIpc) is 3.11. The lowest BCUT2D eigenvalue weighted by atomic mass is 10.0. The molecule has 1 aliphatic heterocycles. The van der Waals surface area contributed by atoms with Crippen LogP contribution >= 0.6 is 0 Å². The van der Waals surface area contributed by atoms with E-state index in [1.54, 1.807) is 12.1 Å². The Kier molecular flexibility index (Phi) is 6.00. The van der Waals surface area contributed by atoms with E-state index in [0.29, 0.717) is 17.3 Å². The molecule has 1 atom stereocenters. The number of hydrogen-bond donors (Lipinski definition) is 1. The number of furan rings is 1. The number of rotatable bonds is 7. The molecule has 1 fully saturated rings. The molecule has 0 radical (unpaired) electrons. The summed E-state index contributed by atoms with van der Waals surface area (Å²) in [4.78, 5) is 15.2. The van der Waals surface area contributed by atoms with Gasteiger partial charge in [0, 0.05) is 30.9 Å². The molecule has 3 aromatic rings. The van der Waals surface area contributed by atoms with Crippen molar-refractivity contribution in [1.29, 1.82) is 0 Å². The van der Waals surface area contributed by atoms with E-state index in [1.165, 1.54) is 12.1 Å². The first-order valence-electron chi connectivity index (χ1n) is 10.4. The van der Waals surface area contributed by atoms with Gasteiger partial charge in [-0.1, -0.05) is 26.0 Å². The minimum atomic E-state index is -1.88. The average molecular weight is 445 g/mol. The standard InChI is InChI=1S/C23H25FN2O4S/c1-4-29-19-8-5-7-16(14(2)3)22(19)31(28)25-23(27)21-13-17-18(24)11-15(12-20(17)30-21)26-9-6-10-26/h5,7-8,11-14H,4,6,9-10H2,1-3H3,(H,25,27). The van der Waals surface area contributed by atoms with Gasteiger partial charge in [-0.2, -0.15) is 0 Å². The van der Waals surface area contributed by atoms with Gasteiger partial charge in [0.25, 0.3) is 5.91 Å². The first-order chi connectivity index (χ1) is 14.9. The molecule has 164 valence electrons. The highest BCUT2D eigenvalue weighted by molar-refractivity contribution is 7.83. The van der Waals surface area contributed by atoms with E-state index in [4.69, 9.17) is 9.15 Å². The zero-order valence-electron chi connectivity index (χ0n) is 17.7. The van der Waals surface area contributed by atoms with E-state index >= 15 is 0 Å². The normalized spacial score (nSPS) is 14.5. The van der Waals surface area contributed by atoms with Crippen molar-refractivity contribution in [2.75, 3.05) is 24.6 Å². The molecule has 8 heteroatoms. The van der Waals surface area contributed by atoms with Crippen molar-refractivity contribution in [3.8, 4) is 5.75 Å². The lowest BCUT2D eigenvalue weighted by molar-refractivity contribution is 0.0958. The summed E-state index contributed by atoms with van der Waals surface area (Å²) in [5.41, 5.74) is 1.84. The van der Waals surface area contributed by atoms with Crippen LogP contribution in [0.25, 0.3) is 11.0 Å². The number of carbonyl (C=O) groups is 1. The Bertz CT molecular complexity index is 1150. The number of fused-ring (bicyclic) bond motifs is 1. The Morgan fingerprint density at radius 1 is 1.29 bits per heavy atom. The highest BCUT2D eigenvalue weighted by Gasteiger charge is 2.24. The van der Waals surface area contributed by atoms with Crippen molar-refractivity contribution in [3.63, 3.8) is 0 Å². The third-order valence-electron chi connectivity index (χ3n) is 5.32. The maximum atomic E-state index is 14.6. The number of carbonyl (C=O) groups excluding carboxylic acids is 1. The Morgan fingerprint density at radius 3 is 2.71 bits per heavy atom. The largest absolute Gasteiger partial charge is 0.493 e. The summed E-state index contributed by atoms with van der Waals surface area (Å²) in [6.45, 7) is 7.94. The fourth-order valence-electron chi connectivity index (χ4n) is 3.59. The van der Waals surface area contributed by atoms with Crippen LogP contribution < -0.4 is 14.4 Å². The van der Waals surface area contributed by atoms with Crippen molar-refractivity contribution < 1.29 is 22.5 Å². The molecular weight excluding hydrogens is 419 g/mol. The fraction of sp³-hybridized carbons (Fsp3) is 0.348. The number of benzene rings is 2.